The van der Waals surface area contributed by atoms with Crippen molar-refractivity contribution in [2.45, 2.75) is 19.8 Å². The molecule has 2 aromatic heterocycles. The Morgan fingerprint density at radius 3 is 2.75 bits per heavy atom. The summed E-state index contributed by atoms with van der Waals surface area (Å²) in [6, 6.07) is 15.0. The third kappa shape index (κ3) is 3.66. The van der Waals surface area contributed by atoms with E-state index in [1.54, 1.807) is 6.07 Å². The van der Waals surface area contributed by atoms with E-state index >= 15 is 0 Å². The second-order valence-corrected chi connectivity index (χ2v) is 7.68. The van der Waals surface area contributed by atoms with Crippen molar-refractivity contribution >= 4 is 34.0 Å². The summed E-state index contributed by atoms with van der Waals surface area (Å²) in [5, 5.41) is 4.91. The van der Waals surface area contributed by atoms with E-state index in [0.717, 1.165) is 24.2 Å². The maximum atomic E-state index is 12.8. The van der Waals surface area contributed by atoms with Crippen LogP contribution in [-0.2, 0) is 0 Å². The first-order chi connectivity index (χ1) is 13.7. The van der Waals surface area contributed by atoms with Crippen molar-refractivity contribution in [1.29, 1.82) is 0 Å². The first kappa shape index (κ1) is 18.7. The highest BCUT2D eigenvalue weighted by atomic mass is 35.5. The van der Waals surface area contributed by atoms with E-state index in [1.807, 2.05) is 48.5 Å². The Bertz CT molecular complexity index is 1230. The highest BCUT2D eigenvalue weighted by Crippen LogP contribution is 2.25. The second-order valence-electron chi connectivity index (χ2n) is 6.27. The zero-order valence-corrected chi connectivity index (χ0v) is 16.8. The van der Waals surface area contributed by atoms with E-state index in [0.29, 0.717) is 32.5 Å². The molecule has 2 heterocycles. The van der Waals surface area contributed by atoms with Crippen LogP contribution in [0.5, 0.6) is 5.75 Å². The van der Waals surface area contributed by atoms with E-state index in [-0.39, 0.29) is 5.56 Å². The summed E-state index contributed by atoms with van der Waals surface area (Å²) in [5.74, 6) is 1.22. The molecule has 0 radical (unpaired) electrons. The van der Waals surface area contributed by atoms with Crippen LogP contribution in [0.15, 0.2) is 53.3 Å². The number of aromatic nitrogens is 3. The molecule has 4 rings (SSSR count). The molecule has 0 aliphatic carbocycles. The van der Waals surface area contributed by atoms with Crippen molar-refractivity contribution in [2.75, 3.05) is 6.61 Å². The van der Waals surface area contributed by atoms with Crippen LogP contribution in [0.3, 0.4) is 0 Å². The van der Waals surface area contributed by atoms with Crippen molar-refractivity contribution in [3.05, 3.63) is 74.0 Å². The van der Waals surface area contributed by atoms with Crippen LogP contribution in [0.1, 0.15) is 25.3 Å². The van der Waals surface area contributed by atoms with E-state index < -0.39 is 0 Å². The minimum Gasteiger partial charge on any atom is -0.493 e. The minimum absolute atomic E-state index is 0.200. The maximum absolute atomic E-state index is 12.8. The van der Waals surface area contributed by atoms with Gasteiger partial charge in [-0.05, 0) is 30.7 Å². The highest BCUT2D eigenvalue weighted by molar-refractivity contribution is 7.15. The topological polar surface area (TPSA) is 56.5 Å². The van der Waals surface area contributed by atoms with Crippen molar-refractivity contribution in [1.82, 2.24) is 14.6 Å². The van der Waals surface area contributed by atoms with Gasteiger partial charge in [0.2, 0.25) is 4.96 Å². The average Bonchev–Trinajstić information content (AvgIpc) is 3.23. The summed E-state index contributed by atoms with van der Waals surface area (Å²) < 4.78 is 7.75. The van der Waals surface area contributed by atoms with E-state index in [2.05, 4.69) is 17.0 Å². The smallest absolute Gasteiger partial charge is 0.291 e. The number of unbranched alkanes of at least 4 members (excludes halogenated alkanes) is 1. The van der Waals surface area contributed by atoms with Gasteiger partial charge in [-0.3, -0.25) is 4.79 Å². The SMILES string of the molecule is CCCCOc1ccccc1/C=c1/sc2nc(-c3ccccc3Cl)nn2c1=O. The molecule has 0 unspecified atom stereocenters. The Kier molecular flexibility index (Phi) is 5.41. The number of thiazole rings is 1. The Balaban J connectivity index is 1.73. The molecule has 5 nitrogen and oxygen atoms in total. The van der Waals surface area contributed by atoms with Crippen LogP contribution < -0.4 is 14.8 Å². The van der Waals surface area contributed by atoms with Gasteiger partial charge in [0.05, 0.1) is 16.2 Å². The molecule has 0 aliphatic heterocycles. The lowest BCUT2D eigenvalue weighted by Crippen LogP contribution is -2.23. The number of fused-ring (bicyclic) bond motifs is 1. The summed E-state index contributed by atoms with van der Waals surface area (Å²) in [7, 11) is 0. The van der Waals surface area contributed by atoms with Crippen molar-refractivity contribution < 1.29 is 4.74 Å². The molecule has 2 aromatic carbocycles. The van der Waals surface area contributed by atoms with Gasteiger partial charge in [0.15, 0.2) is 5.82 Å². The predicted molar refractivity (Wildman–Crippen MR) is 113 cm³/mol. The summed E-state index contributed by atoms with van der Waals surface area (Å²) in [6.45, 7) is 2.78. The van der Waals surface area contributed by atoms with Gasteiger partial charge >= 0.3 is 0 Å². The molecule has 0 saturated carbocycles. The van der Waals surface area contributed by atoms with Gasteiger partial charge in [0.1, 0.15) is 5.75 Å². The summed E-state index contributed by atoms with van der Waals surface area (Å²) in [5.41, 5.74) is 1.38. The fourth-order valence-electron chi connectivity index (χ4n) is 2.79. The zero-order chi connectivity index (χ0) is 19.5. The number of ether oxygens (including phenoxy) is 1. The lowest BCUT2D eigenvalue weighted by atomic mass is 10.2. The molecule has 142 valence electrons. The molecule has 0 N–H and O–H groups in total. The number of nitrogens with zero attached hydrogens (tertiary/aromatic N) is 3. The first-order valence-corrected chi connectivity index (χ1v) is 10.2. The normalized spacial score (nSPS) is 12.0. The zero-order valence-electron chi connectivity index (χ0n) is 15.3. The molecule has 0 spiro atoms. The Morgan fingerprint density at radius 1 is 1.18 bits per heavy atom. The maximum Gasteiger partial charge on any atom is 0.291 e. The van der Waals surface area contributed by atoms with Crippen molar-refractivity contribution in [3.63, 3.8) is 0 Å². The van der Waals surface area contributed by atoms with Gasteiger partial charge in [-0.1, -0.05) is 66.6 Å². The quantitative estimate of drug-likeness (QED) is 0.446. The van der Waals surface area contributed by atoms with E-state index in [4.69, 9.17) is 16.3 Å². The standard InChI is InChI=1S/C21H18ClN3O2S/c1-2-3-12-27-17-11-7-4-8-14(17)13-18-20(26)25-21(28-18)23-19(24-25)15-9-5-6-10-16(15)22/h4-11,13H,2-3,12H2,1H3/b18-13+. The molecular weight excluding hydrogens is 394 g/mol. The molecular formula is C21H18ClN3O2S. The van der Waals surface area contributed by atoms with Gasteiger partial charge in [0.25, 0.3) is 5.56 Å². The van der Waals surface area contributed by atoms with Gasteiger partial charge in [0, 0.05) is 11.1 Å². The summed E-state index contributed by atoms with van der Waals surface area (Å²) in [4.78, 5) is 17.8. The fraction of sp³-hybridized carbons (Fsp3) is 0.190. The van der Waals surface area contributed by atoms with E-state index in [9.17, 15) is 4.79 Å². The molecule has 0 amide bonds. The average molecular weight is 412 g/mol. The second kappa shape index (κ2) is 8.12. The van der Waals surface area contributed by atoms with Gasteiger partial charge in [-0.2, -0.15) is 9.50 Å². The van der Waals surface area contributed by atoms with Crippen LogP contribution >= 0.6 is 22.9 Å². The summed E-state index contributed by atoms with van der Waals surface area (Å²) in [6.07, 6.45) is 3.89. The number of para-hydroxylation sites is 1. The molecule has 4 aromatic rings. The third-order valence-corrected chi connectivity index (χ3v) is 5.55. The van der Waals surface area contributed by atoms with Crippen LogP contribution in [0.4, 0.5) is 0 Å². The number of hydrogen-bond acceptors (Lipinski definition) is 5. The molecule has 7 heteroatoms. The predicted octanol–water partition coefficient (Wildman–Crippen LogP) is 4.20. The van der Waals surface area contributed by atoms with Crippen LogP contribution in [0.25, 0.3) is 22.4 Å². The number of hydrogen-bond donors (Lipinski definition) is 0. The molecule has 0 fully saturated rings. The number of benzene rings is 2. The molecule has 0 aliphatic rings. The number of halogens is 1. The first-order valence-electron chi connectivity index (χ1n) is 9.05. The third-order valence-electron chi connectivity index (χ3n) is 4.26. The Hall–Kier alpha value is -2.70. The van der Waals surface area contributed by atoms with Crippen LogP contribution in [0, 0.1) is 0 Å². The lowest BCUT2D eigenvalue weighted by molar-refractivity contribution is 0.309. The van der Waals surface area contributed by atoms with Crippen molar-refractivity contribution in [3.8, 4) is 17.1 Å². The Morgan fingerprint density at radius 2 is 1.96 bits per heavy atom. The van der Waals surface area contributed by atoms with Gasteiger partial charge in [-0.15, -0.1) is 5.10 Å². The Labute approximate surface area is 170 Å². The summed E-state index contributed by atoms with van der Waals surface area (Å²) >= 11 is 7.52. The van der Waals surface area contributed by atoms with Gasteiger partial charge < -0.3 is 4.74 Å². The molecule has 0 saturated heterocycles. The molecule has 0 atom stereocenters. The number of rotatable bonds is 6. The van der Waals surface area contributed by atoms with Gasteiger partial charge in [-0.25, -0.2) is 0 Å². The minimum atomic E-state index is -0.200. The monoisotopic (exact) mass is 411 g/mol. The molecule has 0 bridgehead atoms. The lowest BCUT2D eigenvalue weighted by Gasteiger charge is -2.07. The van der Waals surface area contributed by atoms with E-state index in [1.165, 1.54) is 15.9 Å². The molecule has 28 heavy (non-hydrogen) atoms. The highest BCUT2D eigenvalue weighted by Gasteiger charge is 2.14. The van der Waals surface area contributed by atoms with Crippen LogP contribution in [0.2, 0.25) is 5.02 Å². The largest absolute Gasteiger partial charge is 0.493 e. The van der Waals surface area contributed by atoms with Crippen LogP contribution in [-0.4, -0.2) is 21.2 Å². The fourth-order valence-corrected chi connectivity index (χ4v) is 3.91. The van der Waals surface area contributed by atoms with Crippen molar-refractivity contribution in [2.24, 2.45) is 0 Å².